The number of hydrogen-bond acceptors (Lipinski definition) is 5. The van der Waals surface area contributed by atoms with Crippen molar-refractivity contribution in [2.45, 2.75) is 33.1 Å². The number of anilines is 1. The maximum Gasteiger partial charge on any atom is 0.154 e. The van der Waals surface area contributed by atoms with Gasteiger partial charge in [-0.2, -0.15) is 5.10 Å². The van der Waals surface area contributed by atoms with Crippen molar-refractivity contribution in [3.05, 3.63) is 24.2 Å². The second-order valence-electron chi connectivity index (χ2n) is 5.23. The molecule has 0 aliphatic carbocycles. The van der Waals surface area contributed by atoms with Crippen LogP contribution in [-0.2, 0) is 0 Å². The van der Waals surface area contributed by atoms with Crippen LogP contribution in [0.1, 0.15) is 38.8 Å². The number of amidine groups is 1. The number of nitrogens with two attached hydrogens (primary N) is 1. The van der Waals surface area contributed by atoms with Gasteiger partial charge in [-0.1, -0.05) is 19.0 Å². The van der Waals surface area contributed by atoms with Crippen LogP contribution in [0.2, 0.25) is 0 Å². The summed E-state index contributed by atoms with van der Waals surface area (Å²) in [7, 11) is 0. The lowest BCUT2D eigenvalue weighted by Crippen LogP contribution is -2.29. The van der Waals surface area contributed by atoms with E-state index in [2.05, 4.69) is 47.0 Å². The molecule has 0 unspecified atom stereocenters. The molecular formula is C14H22N6O. The van der Waals surface area contributed by atoms with E-state index in [0.717, 1.165) is 23.6 Å². The van der Waals surface area contributed by atoms with Crippen LogP contribution >= 0.6 is 0 Å². The molecule has 0 radical (unpaired) electrons. The van der Waals surface area contributed by atoms with Crippen molar-refractivity contribution in [3.63, 3.8) is 0 Å². The molecule has 3 N–H and O–H groups in total. The molecular weight excluding hydrogens is 268 g/mol. The highest BCUT2D eigenvalue weighted by Crippen LogP contribution is 2.22. The molecule has 7 nitrogen and oxygen atoms in total. The standard InChI is InChI=1S/C14H22N6O/c1-4-19(7-5-13(15)18-21)14-12-9-11(10(2)3)17-20(12)8-6-16-14/h6,8-10,21H,4-5,7H2,1-3H3,(H2,15,18). The third kappa shape index (κ3) is 3.24. The van der Waals surface area contributed by atoms with Crippen molar-refractivity contribution in [3.8, 4) is 0 Å². The molecule has 21 heavy (non-hydrogen) atoms. The highest BCUT2D eigenvalue weighted by atomic mass is 16.4. The summed E-state index contributed by atoms with van der Waals surface area (Å²) in [4.78, 5) is 6.57. The summed E-state index contributed by atoms with van der Waals surface area (Å²) >= 11 is 0. The number of nitrogens with zero attached hydrogens (tertiary/aromatic N) is 5. The Morgan fingerprint density at radius 1 is 1.52 bits per heavy atom. The molecule has 7 heteroatoms. The Morgan fingerprint density at radius 2 is 2.29 bits per heavy atom. The lowest BCUT2D eigenvalue weighted by atomic mass is 10.1. The van der Waals surface area contributed by atoms with Gasteiger partial charge in [-0.15, -0.1) is 0 Å². The molecule has 0 amide bonds. The van der Waals surface area contributed by atoms with Gasteiger partial charge >= 0.3 is 0 Å². The van der Waals surface area contributed by atoms with Crippen molar-refractivity contribution >= 4 is 17.2 Å². The Morgan fingerprint density at radius 3 is 2.90 bits per heavy atom. The van der Waals surface area contributed by atoms with Gasteiger partial charge in [-0.25, -0.2) is 9.50 Å². The van der Waals surface area contributed by atoms with E-state index in [4.69, 9.17) is 10.9 Å². The average Bonchev–Trinajstić information content (AvgIpc) is 2.92. The van der Waals surface area contributed by atoms with Gasteiger partial charge in [0, 0.05) is 31.9 Å². The Kier molecular flexibility index (Phi) is 4.62. The van der Waals surface area contributed by atoms with Crippen molar-refractivity contribution in [2.75, 3.05) is 18.0 Å². The topological polar surface area (TPSA) is 92.0 Å². The molecule has 0 saturated carbocycles. The van der Waals surface area contributed by atoms with Gasteiger partial charge in [0.2, 0.25) is 0 Å². The summed E-state index contributed by atoms with van der Waals surface area (Å²) in [5.41, 5.74) is 7.56. The summed E-state index contributed by atoms with van der Waals surface area (Å²) in [5.74, 6) is 1.45. The summed E-state index contributed by atoms with van der Waals surface area (Å²) in [6.07, 6.45) is 4.08. The Bertz CT molecular complexity index is 633. The molecule has 0 spiro atoms. The zero-order chi connectivity index (χ0) is 15.4. The van der Waals surface area contributed by atoms with E-state index in [0.29, 0.717) is 18.9 Å². The minimum absolute atomic E-state index is 0.219. The maximum absolute atomic E-state index is 8.64. The zero-order valence-electron chi connectivity index (χ0n) is 12.7. The minimum atomic E-state index is 0.219. The number of aromatic nitrogens is 3. The summed E-state index contributed by atoms with van der Waals surface area (Å²) < 4.78 is 1.85. The van der Waals surface area contributed by atoms with E-state index >= 15 is 0 Å². The average molecular weight is 290 g/mol. The van der Waals surface area contributed by atoms with Gasteiger partial charge in [-0.3, -0.25) is 0 Å². The lowest BCUT2D eigenvalue weighted by Gasteiger charge is -2.22. The largest absolute Gasteiger partial charge is 0.409 e. The molecule has 114 valence electrons. The van der Waals surface area contributed by atoms with Crippen LogP contribution in [-0.4, -0.2) is 38.7 Å². The smallest absolute Gasteiger partial charge is 0.154 e. The fraction of sp³-hybridized carbons (Fsp3) is 0.500. The van der Waals surface area contributed by atoms with E-state index < -0.39 is 0 Å². The third-order valence-electron chi connectivity index (χ3n) is 3.43. The lowest BCUT2D eigenvalue weighted by molar-refractivity contribution is 0.317. The zero-order valence-corrected chi connectivity index (χ0v) is 12.7. The molecule has 2 aromatic heterocycles. The Balaban J connectivity index is 2.34. The predicted octanol–water partition coefficient (Wildman–Crippen LogP) is 1.82. The first kappa shape index (κ1) is 15.1. The highest BCUT2D eigenvalue weighted by Gasteiger charge is 2.14. The van der Waals surface area contributed by atoms with Gasteiger partial charge < -0.3 is 15.8 Å². The fourth-order valence-corrected chi connectivity index (χ4v) is 2.17. The first-order valence-electron chi connectivity index (χ1n) is 7.12. The molecule has 0 fully saturated rings. The number of fused-ring (bicyclic) bond motifs is 1. The minimum Gasteiger partial charge on any atom is -0.409 e. The summed E-state index contributed by atoms with van der Waals surface area (Å²) in [5, 5.41) is 16.2. The molecule has 0 atom stereocenters. The molecule has 0 aliphatic rings. The first-order valence-corrected chi connectivity index (χ1v) is 7.12. The maximum atomic E-state index is 8.64. The second-order valence-corrected chi connectivity index (χ2v) is 5.23. The predicted molar refractivity (Wildman–Crippen MR) is 83.0 cm³/mol. The van der Waals surface area contributed by atoms with E-state index in [-0.39, 0.29) is 5.84 Å². The van der Waals surface area contributed by atoms with Crippen LogP contribution in [0.3, 0.4) is 0 Å². The highest BCUT2D eigenvalue weighted by molar-refractivity contribution is 5.80. The van der Waals surface area contributed by atoms with Crippen LogP contribution in [0.15, 0.2) is 23.6 Å². The van der Waals surface area contributed by atoms with E-state index in [1.165, 1.54) is 0 Å². The Hall–Kier alpha value is -2.31. The molecule has 0 aliphatic heterocycles. The van der Waals surface area contributed by atoms with E-state index in [1.54, 1.807) is 6.20 Å². The van der Waals surface area contributed by atoms with Crippen LogP contribution in [0, 0.1) is 0 Å². The van der Waals surface area contributed by atoms with Crippen molar-refractivity contribution < 1.29 is 5.21 Å². The monoisotopic (exact) mass is 290 g/mol. The number of rotatable bonds is 6. The van der Waals surface area contributed by atoms with Crippen molar-refractivity contribution in [1.29, 1.82) is 0 Å². The fourth-order valence-electron chi connectivity index (χ4n) is 2.17. The van der Waals surface area contributed by atoms with Gasteiger partial charge in [0.25, 0.3) is 0 Å². The normalized spacial score (nSPS) is 12.3. The van der Waals surface area contributed by atoms with Crippen molar-refractivity contribution in [1.82, 2.24) is 14.6 Å². The molecule has 0 saturated heterocycles. The van der Waals surface area contributed by atoms with Crippen LogP contribution < -0.4 is 10.6 Å². The third-order valence-corrected chi connectivity index (χ3v) is 3.43. The van der Waals surface area contributed by atoms with Gasteiger partial charge in [0.05, 0.1) is 5.69 Å². The molecule has 0 bridgehead atoms. The van der Waals surface area contributed by atoms with Crippen molar-refractivity contribution in [2.24, 2.45) is 10.9 Å². The number of hydrogen-bond donors (Lipinski definition) is 2. The summed E-state index contributed by atoms with van der Waals surface area (Å²) in [6.45, 7) is 7.71. The first-order chi connectivity index (χ1) is 10.1. The van der Waals surface area contributed by atoms with Gasteiger partial charge in [0.1, 0.15) is 11.4 Å². The molecule has 0 aromatic carbocycles. The van der Waals surface area contributed by atoms with Gasteiger partial charge in [0.15, 0.2) is 5.82 Å². The van der Waals surface area contributed by atoms with Crippen LogP contribution in [0.5, 0.6) is 0 Å². The number of oxime groups is 1. The van der Waals surface area contributed by atoms with E-state index in [1.807, 2.05) is 10.7 Å². The Labute approximate surface area is 124 Å². The van der Waals surface area contributed by atoms with E-state index in [9.17, 15) is 0 Å². The van der Waals surface area contributed by atoms with Crippen LogP contribution in [0.25, 0.3) is 5.52 Å². The quantitative estimate of drug-likeness (QED) is 0.366. The summed E-state index contributed by atoms with van der Waals surface area (Å²) in [6, 6.07) is 2.07. The second kappa shape index (κ2) is 6.43. The molecule has 2 aromatic rings. The molecule has 2 heterocycles. The molecule has 2 rings (SSSR count). The SMILES string of the molecule is CCN(CC/C(N)=N/O)c1nccn2nc(C(C)C)cc12. The van der Waals surface area contributed by atoms with Crippen LogP contribution in [0.4, 0.5) is 5.82 Å². The van der Waals surface area contributed by atoms with Gasteiger partial charge in [-0.05, 0) is 18.9 Å².